The first-order valence-corrected chi connectivity index (χ1v) is 13.4. The van der Waals surface area contributed by atoms with E-state index >= 15 is 0 Å². The highest BCUT2D eigenvalue weighted by atomic mass is 16.2. The number of rotatable bonds is 11. The molecule has 1 saturated heterocycles. The molecule has 1 N–H and O–H groups in total. The Morgan fingerprint density at radius 2 is 1.72 bits per heavy atom. The number of amides is 2. The van der Waals surface area contributed by atoms with E-state index < -0.39 is 0 Å². The molecule has 1 aliphatic rings. The van der Waals surface area contributed by atoms with Crippen LogP contribution in [0.15, 0.2) is 18.2 Å². The summed E-state index contributed by atoms with van der Waals surface area (Å²) in [5, 5.41) is 2.37. The molecule has 1 aliphatic heterocycles. The fourth-order valence-electron chi connectivity index (χ4n) is 4.32. The first-order chi connectivity index (χ1) is 17.0. The molecule has 2 amide bonds. The fourth-order valence-corrected chi connectivity index (χ4v) is 4.32. The molecule has 6 nitrogen and oxygen atoms in total. The molecule has 2 rings (SSSR count). The van der Waals surface area contributed by atoms with Gasteiger partial charge < -0.3 is 4.79 Å². The van der Waals surface area contributed by atoms with Gasteiger partial charge in [0.2, 0.25) is 11.8 Å². The number of aryl methyl sites for hydroxylation is 1. The van der Waals surface area contributed by atoms with Gasteiger partial charge in [0.15, 0.2) is 11.6 Å². The number of imide groups is 1. The number of carbonyl (C=O) groups excluding carboxylic acids is 5. The Balaban J connectivity index is 0.000000513. The van der Waals surface area contributed by atoms with Crippen molar-refractivity contribution in [3.8, 4) is 0 Å². The minimum atomic E-state index is -0.125. The van der Waals surface area contributed by atoms with Gasteiger partial charge in [0.25, 0.3) is 0 Å². The first-order valence-electron chi connectivity index (χ1n) is 13.4. The summed E-state index contributed by atoms with van der Waals surface area (Å²) in [6, 6.07) is 5.31. The molecule has 1 aromatic rings. The largest absolute Gasteiger partial charge is 0.303 e. The molecule has 3 unspecified atom stereocenters. The number of benzene rings is 1. The van der Waals surface area contributed by atoms with E-state index in [2.05, 4.69) is 33.0 Å². The summed E-state index contributed by atoms with van der Waals surface area (Å²) in [4.78, 5) is 54.6. The average molecular weight is 502 g/mol. The minimum Gasteiger partial charge on any atom is -0.303 e. The van der Waals surface area contributed by atoms with E-state index in [0.29, 0.717) is 23.5 Å². The Kier molecular flexibility index (Phi) is 17.3. The van der Waals surface area contributed by atoms with Crippen LogP contribution in [0.4, 0.5) is 0 Å². The lowest BCUT2D eigenvalue weighted by atomic mass is 9.85. The second-order valence-electron chi connectivity index (χ2n) is 9.71. The number of hydrogen-bond donors (Lipinski definition) is 1. The van der Waals surface area contributed by atoms with Crippen molar-refractivity contribution in [2.45, 2.75) is 106 Å². The van der Waals surface area contributed by atoms with Crippen molar-refractivity contribution in [3.05, 3.63) is 34.9 Å². The van der Waals surface area contributed by atoms with Gasteiger partial charge in [-0.2, -0.15) is 0 Å². The van der Waals surface area contributed by atoms with Crippen molar-refractivity contribution in [1.82, 2.24) is 5.32 Å². The average Bonchev–Trinajstić information content (AvgIpc) is 2.84. The van der Waals surface area contributed by atoms with Gasteiger partial charge in [-0.1, -0.05) is 78.0 Å². The molecule has 0 aliphatic carbocycles. The normalized spacial score (nSPS) is 16.4. The number of nitrogens with one attached hydrogen (secondary N) is 1. The summed E-state index contributed by atoms with van der Waals surface area (Å²) in [5.41, 5.74) is 1.93. The lowest BCUT2D eigenvalue weighted by Gasteiger charge is -2.25. The predicted molar refractivity (Wildman–Crippen MR) is 145 cm³/mol. The number of unbranched alkanes of at least 4 members (excludes halogenated alkanes) is 1. The van der Waals surface area contributed by atoms with Gasteiger partial charge in [-0.05, 0) is 51.0 Å². The van der Waals surface area contributed by atoms with Gasteiger partial charge in [0.05, 0.1) is 0 Å². The summed E-state index contributed by atoms with van der Waals surface area (Å²) >= 11 is 0. The van der Waals surface area contributed by atoms with Crippen molar-refractivity contribution < 1.29 is 24.0 Å². The van der Waals surface area contributed by atoms with Crippen LogP contribution in [-0.4, -0.2) is 29.7 Å². The van der Waals surface area contributed by atoms with Crippen LogP contribution in [0, 0.1) is 24.7 Å². The highest BCUT2D eigenvalue weighted by Gasteiger charge is 2.29. The number of Topliss-reactive ketones (excluding diaryl/α,β-unsaturated/α-hetero) is 2. The Hall–Kier alpha value is -2.63. The van der Waals surface area contributed by atoms with Crippen LogP contribution in [0.5, 0.6) is 0 Å². The molecular formula is C30H47NO5. The van der Waals surface area contributed by atoms with Gasteiger partial charge in [0.1, 0.15) is 6.29 Å². The van der Waals surface area contributed by atoms with Crippen LogP contribution in [0.1, 0.15) is 126 Å². The van der Waals surface area contributed by atoms with Crippen LogP contribution in [0.25, 0.3) is 0 Å². The van der Waals surface area contributed by atoms with E-state index in [9.17, 15) is 24.0 Å². The zero-order valence-corrected chi connectivity index (χ0v) is 23.4. The van der Waals surface area contributed by atoms with Crippen molar-refractivity contribution in [1.29, 1.82) is 0 Å². The molecule has 202 valence electrons. The van der Waals surface area contributed by atoms with Crippen LogP contribution < -0.4 is 5.32 Å². The van der Waals surface area contributed by atoms with Crippen LogP contribution in [-0.2, 0) is 14.4 Å². The third-order valence-corrected chi connectivity index (χ3v) is 6.85. The Morgan fingerprint density at radius 3 is 2.17 bits per heavy atom. The van der Waals surface area contributed by atoms with Gasteiger partial charge in [-0.3, -0.25) is 24.5 Å². The van der Waals surface area contributed by atoms with Gasteiger partial charge in [-0.15, -0.1) is 0 Å². The third kappa shape index (κ3) is 12.4. The number of carbonyl (C=O) groups is 5. The number of hydrogen-bond acceptors (Lipinski definition) is 5. The zero-order chi connectivity index (χ0) is 27.7. The summed E-state index contributed by atoms with van der Waals surface area (Å²) in [7, 11) is 0. The summed E-state index contributed by atoms with van der Waals surface area (Å²) < 4.78 is 0. The maximum absolute atomic E-state index is 11.3. The van der Waals surface area contributed by atoms with Crippen molar-refractivity contribution in [3.63, 3.8) is 0 Å². The molecule has 0 aromatic heterocycles. The Morgan fingerprint density at radius 1 is 1.06 bits per heavy atom. The number of aldehydes is 1. The van der Waals surface area contributed by atoms with Crippen molar-refractivity contribution >= 4 is 29.7 Å². The minimum absolute atomic E-state index is 0.0488. The number of ketones is 2. The van der Waals surface area contributed by atoms with Crippen molar-refractivity contribution in [2.24, 2.45) is 17.8 Å². The van der Waals surface area contributed by atoms with Crippen molar-refractivity contribution in [2.75, 3.05) is 0 Å². The standard InChI is InChI=1S/C11H12O2.C10H20O.C9H15NO2/c1-7-5-4-6-10(8(2)12)11(7)9(3)13;1-3-5-7-10(4-2)8-6-9-11;1-3-6(2)7-4-5-8(11)10-9(7)12/h4-6H,1-3H3;9-10H,3-8H2,1-2H3;6-7H,3-5H2,1-2H3,(H,10,11,12). The highest BCUT2D eigenvalue weighted by Crippen LogP contribution is 2.23. The van der Waals surface area contributed by atoms with Gasteiger partial charge in [0, 0.05) is 29.9 Å². The van der Waals surface area contributed by atoms with E-state index in [1.165, 1.54) is 39.5 Å². The molecule has 0 radical (unpaired) electrons. The highest BCUT2D eigenvalue weighted by molar-refractivity contribution is 6.08. The predicted octanol–water partition coefficient (Wildman–Crippen LogP) is 6.67. The molecular weight excluding hydrogens is 454 g/mol. The van der Waals surface area contributed by atoms with Crippen LogP contribution >= 0.6 is 0 Å². The topological polar surface area (TPSA) is 97.4 Å². The summed E-state index contributed by atoms with van der Waals surface area (Å²) in [6.07, 6.45) is 10.2. The molecule has 0 bridgehead atoms. The third-order valence-electron chi connectivity index (χ3n) is 6.85. The quantitative estimate of drug-likeness (QED) is 0.207. The second kappa shape index (κ2) is 18.6. The SMILES string of the molecule is CC(=O)c1cccc(C)c1C(C)=O.CCC(C)C1CCC(=O)NC1=O.CCCCC(CC)CCC=O. The van der Waals surface area contributed by atoms with E-state index in [-0.39, 0.29) is 29.3 Å². The smallest absolute Gasteiger partial charge is 0.229 e. The van der Waals surface area contributed by atoms with Crippen LogP contribution in [0.3, 0.4) is 0 Å². The van der Waals surface area contributed by atoms with E-state index in [1.54, 1.807) is 12.1 Å². The molecule has 0 saturated carbocycles. The Bertz CT molecular complexity index is 861. The first kappa shape index (κ1) is 33.4. The van der Waals surface area contributed by atoms with Gasteiger partial charge in [-0.25, -0.2) is 0 Å². The molecule has 36 heavy (non-hydrogen) atoms. The zero-order valence-electron chi connectivity index (χ0n) is 23.4. The summed E-state index contributed by atoms with van der Waals surface area (Å²) in [5.74, 6) is 0.906. The second-order valence-corrected chi connectivity index (χ2v) is 9.71. The molecule has 1 heterocycles. The maximum Gasteiger partial charge on any atom is 0.229 e. The van der Waals surface area contributed by atoms with E-state index in [0.717, 1.165) is 43.5 Å². The molecule has 0 spiro atoms. The molecule has 6 heteroatoms. The maximum atomic E-state index is 11.3. The number of piperidine rings is 1. The molecule has 3 atom stereocenters. The molecule has 1 aromatic carbocycles. The lowest BCUT2D eigenvalue weighted by Crippen LogP contribution is -2.42. The monoisotopic (exact) mass is 501 g/mol. The Labute approximate surface area is 218 Å². The van der Waals surface area contributed by atoms with E-state index in [1.807, 2.05) is 13.0 Å². The summed E-state index contributed by atoms with van der Waals surface area (Å²) in [6.45, 7) is 13.3. The molecule has 1 fully saturated rings. The van der Waals surface area contributed by atoms with Crippen LogP contribution in [0.2, 0.25) is 0 Å². The fraction of sp³-hybridized carbons (Fsp3) is 0.633. The lowest BCUT2D eigenvalue weighted by molar-refractivity contribution is -0.137. The van der Waals surface area contributed by atoms with E-state index in [4.69, 9.17) is 0 Å². The van der Waals surface area contributed by atoms with Gasteiger partial charge >= 0.3 is 0 Å².